The van der Waals surface area contributed by atoms with Gasteiger partial charge in [-0.25, -0.2) is 9.78 Å². The van der Waals surface area contributed by atoms with Crippen molar-refractivity contribution < 1.29 is 13.5 Å². The van der Waals surface area contributed by atoms with Crippen LogP contribution in [0.5, 0.6) is 5.75 Å². The minimum atomic E-state index is -2.94. The molecule has 1 aliphatic rings. The molecule has 9 heteroatoms. The second-order valence-corrected chi connectivity index (χ2v) is 6.74. The highest BCUT2D eigenvalue weighted by atomic mass is 19.3. The zero-order chi connectivity index (χ0) is 20.7. The lowest BCUT2D eigenvalue weighted by Gasteiger charge is -2.21. The standard InChI is InChI=1S/C20H18F2N4O3/c1-11-16(25(2)20(28)24-18(11)27)13-5-6-14-12(10-13)7-9-26(14)17-15(29-19(21)22)4-3-8-23-17/h3-6,8,10,19H,7,9H2,1-2H3,(H,24,27,28). The monoisotopic (exact) mass is 400 g/mol. The van der Waals surface area contributed by atoms with Crippen LogP contribution in [-0.2, 0) is 13.5 Å². The number of alkyl halides is 2. The van der Waals surface area contributed by atoms with E-state index in [1.165, 1.54) is 22.9 Å². The second kappa shape index (κ2) is 7.16. The van der Waals surface area contributed by atoms with Gasteiger partial charge in [0.15, 0.2) is 11.6 Å². The molecule has 0 radical (unpaired) electrons. The van der Waals surface area contributed by atoms with Crippen molar-refractivity contribution in [1.82, 2.24) is 14.5 Å². The van der Waals surface area contributed by atoms with Crippen molar-refractivity contribution >= 4 is 11.5 Å². The number of fused-ring (bicyclic) bond motifs is 1. The molecular formula is C20H18F2N4O3. The number of hydrogen-bond acceptors (Lipinski definition) is 5. The van der Waals surface area contributed by atoms with Crippen molar-refractivity contribution in [2.45, 2.75) is 20.0 Å². The van der Waals surface area contributed by atoms with Gasteiger partial charge in [0.2, 0.25) is 0 Å². The number of nitrogens with zero attached hydrogens (tertiary/aromatic N) is 3. The van der Waals surface area contributed by atoms with Crippen LogP contribution >= 0.6 is 0 Å². The SMILES string of the molecule is Cc1c(-c2ccc3c(c2)CCN3c2ncccc2OC(F)F)n(C)c(=O)[nH]c1=O. The molecule has 3 heterocycles. The van der Waals surface area contributed by atoms with Gasteiger partial charge in [0.1, 0.15) is 0 Å². The first-order valence-electron chi connectivity index (χ1n) is 8.97. The quantitative estimate of drug-likeness (QED) is 0.729. The smallest absolute Gasteiger partial charge is 0.387 e. The summed E-state index contributed by atoms with van der Waals surface area (Å²) in [6.07, 6.45) is 2.18. The summed E-state index contributed by atoms with van der Waals surface area (Å²) in [6.45, 7) is -0.736. The number of hydrogen-bond donors (Lipinski definition) is 1. The third-order valence-electron chi connectivity index (χ3n) is 5.03. The van der Waals surface area contributed by atoms with Crippen LogP contribution in [0.1, 0.15) is 11.1 Å². The number of rotatable bonds is 4. The lowest BCUT2D eigenvalue weighted by atomic mass is 10.0. The number of aromatic amines is 1. The fourth-order valence-electron chi connectivity index (χ4n) is 3.69. The maximum Gasteiger partial charge on any atom is 0.387 e. The number of ether oxygens (including phenoxy) is 1. The van der Waals surface area contributed by atoms with E-state index in [4.69, 9.17) is 0 Å². The molecule has 0 unspecified atom stereocenters. The van der Waals surface area contributed by atoms with Crippen LogP contribution in [-0.4, -0.2) is 27.7 Å². The van der Waals surface area contributed by atoms with Crippen molar-refractivity contribution in [3.63, 3.8) is 0 Å². The van der Waals surface area contributed by atoms with E-state index in [1.54, 1.807) is 20.0 Å². The lowest BCUT2D eigenvalue weighted by molar-refractivity contribution is -0.0496. The first kappa shape index (κ1) is 18.9. The van der Waals surface area contributed by atoms with Gasteiger partial charge in [-0.05, 0) is 48.7 Å². The van der Waals surface area contributed by atoms with Crippen LogP contribution in [0.2, 0.25) is 0 Å². The molecule has 0 bridgehead atoms. The molecule has 1 N–H and O–H groups in total. The van der Waals surface area contributed by atoms with E-state index < -0.39 is 17.9 Å². The van der Waals surface area contributed by atoms with Crippen LogP contribution in [0.25, 0.3) is 11.3 Å². The Morgan fingerprint density at radius 2 is 2.03 bits per heavy atom. The van der Waals surface area contributed by atoms with Gasteiger partial charge >= 0.3 is 12.3 Å². The van der Waals surface area contributed by atoms with E-state index in [-0.39, 0.29) is 5.75 Å². The predicted octanol–water partition coefficient (Wildman–Crippen LogP) is 2.74. The highest BCUT2D eigenvalue weighted by Crippen LogP contribution is 2.40. The van der Waals surface area contributed by atoms with E-state index in [0.29, 0.717) is 30.0 Å². The molecule has 150 valence electrons. The Balaban J connectivity index is 1.78. The van der Waals surface area contributed by atoms with Gasteiger partial charge in [0.05, 0.1) is 5.69 Å². The Bertz CT molecular complexity index is 1170. The molecule has 0 aliphatic carbocycles. The fraction of sp³-hybridized carbons (Fsp3) is 0.250. The normalized spacial score (nSPS) is 13.1. The number of benzene rings is 1. The summed E-state index contributed by atoms with van der Waals surface area (Å²) in [5, 5.41) is 0. The number of H-pyrrole nitrogens is 1. The van der Waals surface area contributed by atoms with Crippen LogP contribution in [0.15, 0.2) is 46.1 Å². The number of halogens is 2. The van der Waals surface area contributed by atoms with Gasteiger partial charge in [0.25, 0.3) is 5.56 Å². The van der Waals surface area contributed by atoms with E-state index in [9.17, 15) is 18.4 Å². The molecule has 3 aromatic rings. The summed E-state index contributed by atoms with van der Waals surface area (Å²) < 4.78 is 31.5. The Morgan fingerprint density at radius 1 is 1.24 bits per heavy atom. The molecule has 29 heavy (non-hydrogen) atoms. The van der Waals surface area contributed by atoms with Crippen molar-refractivity contribution in [1.29, 1.82) is 0 Å². The van der Waals surface area contributed by atoms with Gasteiger partial charge in [-0.3, -0.25) is 14.3 Å². The number of nitrogens with one attached hydrogen (secondary N) is 1. The molecule has 0 spiro atoms. The second-order valence-electron chi connectivity index (χ2n) is 6.74. The maximum absolute atomic E-state index is 12.7. The van der Waals surface area contributed by atoms with Crippen molar-refractivity contribution in [3.05, 3.63) is 68.5 Å². The highest BCUT2D eigenvalue weighted by molar-refractivity contribution is 5.75. The average molecular weight is 400 g/mol. The fourth-order valence-corrected chi connectivity index (χ4v) is 3.69. The van der Waals surface area contributed by atoms with Gasteiger partial charge in [0, 0.05) is 31.0 Å². The molecule has 2 aromatic heterocycles. The van der Waals surface area contributed by atoms with Crippen molar-refractivity contribution in [2.24, 2.45) is 7.05 Å². The minimum absolute atomic E-state index is 0.00672. The first-order valence-corrected chi connectivity index (χ1v) is 8.97. The van der Waals surface area contributed by atoms with Crippen molar-refractivity contribution in [3.8, 4) is 17.0 Å². The largest absolute Gasteiger partial charge is 0.431 e. The van der Waals surface area contributed by atoms with Crippen LogP contribution in [0, 0.1) is 6.92 Å². The summed E-state index contributed by atoms with van der Waals surface area (Å²) in [6, 6.07) is 8.54. The molecule has 0 saturated carbocycles. The topological polar surface area (TPSA) is 80.2 Å². The van der Waals surface area contributed by atoms with Crippen LogP contribution in [0.3, 0.4) is 0 Å². The number of aromatic nitrogens is 3. The molecule has 4 rings (SSSR count). The maximum atomic E-state index is 12.7. The summed E-state index contributed by atoms with van der Waals surface area (Å²) >= 11 is 0. The lowest BCUT2D eigenvalue weighted by Crippen LogP contribution is -2.31. The molecule has 1 aromatic carbocycles. The number of anilines is 2. The first-order chi connectivity index (χ1) is 13.9. The molecule has 0 atom stereocenters. The Hall–Kier alpha value is -3.49. The average Bonchev–Trinajstić information content (AvgIpc) is 3.10. The Kier molecular flexibility index (Phi) is 4.65. The third kappa shape index (κ3) is 3.28. The van der Waals surface area contributed by atoms with Gasteiger partial charge in [-0.15, -0.1) is 0 Å². The van der Waals surface area contributed by atoms with Crippen molar-refractivity contribution in [2.75, 3.05) is 11.4 Å². The number of pyridine rings is 1. The van der Waals surface area contributed by atoms with Crippen LogP contribution < -0.4 is 20.9 Å². The molecule has 7 nitrogen and oxygen atoms in total. The van der Waals surface area contributed by atoms with Gasteiger partial charge in [-0.1, -0.05) is 6.07 Å². The zero-order valence-electron chi connectivity index (χ0n) is 15.8. The Morgan fingerprint density at radius 3 is 2.79 bits per heavy atom. The summed E-state index contributed by atoms with van der Waals surface area (Å²) in [7, 11) is 1.60. The molecule has 1 aliphatic heterocycles. The minimum Gasteiger partial charge on any atom is -0.431 e. The van der Waals surface area contributed by atoms with E-state index in [0.717, 1.165) is 16.8 Å². The van der Waals surface area contributed by atoms with Gasteiger partial charge in [-0.2, -0.15) is 8.78 Å². The molecule has 0 saturated heterocycles. The van der Waals surface area contributed by atoms with E-state index in [2.05, 4.69) is 14.7 Å². The molecule has 0 fully saturated rings. The zero-order valence-corrected chi connectivity index (χ0v) is 15.8. The predicted molar refractivity (Wildman–Crippen MR) is 104 cm³/mol. The van der Waals surface area contributed by atoms with E-state index in [1.807, 2.05) is 17.0 Å². The Labute approximate surface area is 164 Å². The molecular weight excluding hydrogens is 382 g/mol. The van der Waals surface area contributed by atoms with Crippen LogP contribution in [0.4, 0.5) is 20.3 Å². The molecule has 0 amide bonds. The van der Waals surface area contributed by atoms with Gasteiger partial charge < -0.3 is 9.64 Å². The summed E-state index contributed by atoms with van der Waals surface area (Å²) in [4.78, 5) is 32.3. The highest BCUT2D eigenvalue weighted by Gasteiger charge is 2.26. The summed E-state index contributed by atoms with van der Waals surface area (Å²) in [5.41, 5.74) is 2.59. The third-order valence-corrected chi connectivity index (χ3v) is 5.03. The summed E-state index contributed by atoms with van der Waals surface area (Å²) in [5.74, 6) is 0.325. The van der Waals surface area contributed by atoms with E-state index >= 15 is 0 Å².